The summed E-state index contributed by atoms with van der Waals surface area (Å²) in [5.41, 5.74) is 1.45. The highest BCUT2D eigenvalue weighted by Gasteiger charge is 2.43. The highest BCUT2D eigenvalue weighted by Crippen LogP contribution is 2.39. The summed E-state index contributed by atoms with van der Waals surface area (Å²) in [4.78, 5) is 16.3. The fraction of sp³-hybridized carbons (Fsp3) is 0.571. The number of carbonyl (C=O) groups is 1. The van der Waals surface area contributed by atoms with E-state index in [0.29, 0.717) is 6.61 Å². The van der Waals surface area contributed by atoms with Crippen molar-refractivity contribution in [3.05, 3.63) is 28.0 Å². The molecule has 0 aromatic carbocycles. The maximum Gasteiger partial charge on any atom is 0.317 e. The van der Waals surface area contributed by atoms with Crippen molar-refractivity contribution >= 4 is 21.9 Å². The van der Waals surface area contributed by atoms with Crippen molar-refractivity contribution in [1.29, 1.82) is 0 Å². The van der Waals surface area contributed by atoms with Crippen LogP contribution in [-0.4, -0.2) is 17.6 Å². The SMILES string of the molecule is CC.CCOC(=O)C1(C)CCc2cc(Br)cnc21. The van der Waals surface area contributed by atoms with Crippen LogP contribution in [0.1, 0.15) is 45.4 Å². The fourth-order valence-electron chi connectivity index (χ4n) is 2.16. The van der Waals surface area contributed by atoms with E-state index in [9.17, 15) is 4.79 Å². The van der Waals surface area contributed by atoms with Gasteiger partial charge in [-0.15, -0.1) is 0 Å². The molecular formula is C14H20BrNO2. The van der Waals surface area contributed by atoms with Gasteiger partial charge in [-0.1, -0.05) is 13.8 Å². The van der Waals surface area contributed by atoms with Crippen LogP contribution in [0, 0.1) is 0 Å². The van der Waals surface area contributed by atoms with Gasteiger partial charge in [0.15, 0.2) is 0 Å². The third-order valence-corrected chi connectivity index (χ3v) is 3.51. The Bertz CT molecular complexity index is 434. The average molecular weight is 314 g/mol. The van der Waals surface area contributed by atoms with Crippen LogP contribution in [0.15, 0.2) is 16.7 Å². The molecule has 1 heterocycles. The molecule has 0 aliphatic heterocycles. The van der Waals surface area contributed by atoms with Gasteiger partial charge >= 0.3 is 5.97 Å². The van der Waals surface area contributed by atoms with E-state index in [4.69, 9.17) is 4.74 Å². The van der Waals surface area contributed by atoms with E-state index >= 15 is 0 Å². The summed E-state index contributed by atoms with van der Waals surface area (Å²) in [5.74, 6) is -0.163. The highest BCUT2D eigenvalue weighted by atomic mass is 79.9. The fourth-order valence-corrected chi connectivity index (χ4v) is 2.54. The lowest BCUT2D eigenvalue weighted by Crippen LogP contribution is -2.32. The molecule has 1 atom stereocenters. The second kappa shape index (κ2) is 6.32. The number of aryl methyl sites for hydroxylation is 1. The topological polar surface area (TPSA) is 39.2 Å². The Morgan fingerprint density at radius 1 is 1.56 bits per heavy atom. The third-order valence-electron chi connectivity index (χ3n) is 3.08. The summed E-state index contributed by atoms with van der Waals surface area (Å²) in [6, 6.07) is 2.03. The summed E-state index contributed by atoms with van der Waals surface area (Å²) in [6.07, 6.45) is 3.41. The predicted molar refractivity (Wildman–Crippen MR) is 75.6 cm³/mol. The largest absolute Gasteiger partial charge is 0.465 e. The molecule has 1 aromatic rings. The van der Waals surface area contributed by atoms with Crippen LogP contribution in [0.5, 0.6) is 0 Å². The Hall–Kier alpha value is -0.900. The lowest BCUT2D eigenvalue weighted by molar-refractivity contribution is -0.149. The predicted octanol–water partition coefficient (Wildman–Crippen LogP) is 3.64. The molecule has 1 aliphatic carbocycles. The third kappa shape index (κ3) is 2.74. The average Bonchev–Trinajstić information content (AvgIpc) is 2.71. The van der Waals surface area contributed by atoms with Crippen molar-refractivity contribution in [2.24, 2.45) is 0 Å². The van der Waals surface area contributed by atoms with Crippen molar-refractivity contribution in [2.75, 3.05) is 6.61 Å². The van der Waals surface area contributed by atoms with E-state index in [1.807, 2.05) is 33.8 Å². The molecule has 4 heteroatoms. The minimum atomic E-state index is -0.563. The molecule has 1 unspecified atom stereocenters. The van der Waals surface area contributed by atoms with Gasteiger partial charge in [-0.25, -0.2) is 0 Å². The summed E-state index contributed by atoms with van der Waals surface area (Å²) in [5, 5.41) is 0. The molecule has 0 N–H and O–H groups in total. The van der Waals surface area contributed by atoms with Crippen LogP contribution in [0.3, 0.4) is 0 Å². The normalized spacial score (nSPS) is 20.7. The van der Waals surface area contributed by atoms with Crippen LogP contribution < -0.4 is 0 Å². The standard InChI is InChI=1S/C12H14BrNO2.C2H6/c1-3-16-11(15)12(2)5-4-8-6-9(13)7-14-10(8)12;1-2/h6-7H,3-5H2,1-2H3;1-2H3. The number of hydrogen-bond acceptors (Lipinski definition) is 3. The zero-order chi connectivity index (χ0) is 13.8. The minimum Gasteiger partial charge on any atom is -0.465 e. The van der Waals surface area contributed by atoms with E-state index < -0.39 is 5.41 Å². The lowest BCUT2D eigenvalue weighted by atomic mass is 9.88. The quantitative estimate of drug-likeness (QED) is 0.782. The van der Waals surface area contributed by atoms with Gasteiger partial charge in [-0.2, -0.15) is 0 Å². The molecule has 3 nitrogen and oxygen atoms in total. The zero-order valence-corrected chi connectivity index (χ0v) is 13.0. The minimum absolute atomic E-state index is 0.163. The maximum atomic E-state index is 11.9. The van der Waals surface area contributed by atoms with Crippen LogP contribution in [0.2, 0.25) is 0 Å². The van der Waals surface area contributed by atoms with E-state index in [1.165, 1.54) is 0 Å². The first-order valence-corrected chi connectivity index (χ1v) is 7.19. The van der Waals surface area contributed by atoms with Gasteiger partial charge in [0.2, 0.25) is 0 Å². The number of aromatic nitrogens is 1. The molecule has 0 bridgehead atoms. The first-order chi connectivity index (χ1) is 8.58. The van der Waals surface area contributed by atoms with Crippen molar-refractivity contribution in [3.63, 3.8) is 0 Å². The molecule has 100 valence electrons. The first-order valence-electron chi connectivity index (χ1n) is 6.40. The highest BCUT2D eigenvalue weighted by molar-refractivity contribution is 9.10. The molecule has 0 saturated heterocycles. The van der Waals surface area contributed by atoms with E-state index in [1.54, 1.807) is 6.20 Å². The van der Waals surface area contributed by atoms with Gasteiger partial charge in [0, 0.05) is 10.7 Å². The summed E-state index contributed by atoms with van der Waals surface area (Å²) in [6.45, 7) is 8.16. The molecule has 1 aromatic heterocycles. The molecule has 0 spiro atoms. The van der Waals surface area contributed by atoms with Crippen molar-refractivity contribution in [1.82, 2.24) is 4.98 Å². The van der Waals surface area contributed by atoms with Crippen molar-refractivity contribution < 1.29 is 9.53 Å². The van der Waals surface area contributed by atoms with Crippen LogP contribution in [-0.2, 0) is 21.4 Å². The maximum absolute atomic E-state index is 11.9. The second-order valence-electron chi connectivity index (χ2n) is 4.21. The number of rotatable bonds is 2. The molecule has 1 aliphatic rings. The van der Waals surface area contributed by atoms with Gasteiger partial charge < -0.3 is 4.74 Å². The summed E-state index contributed by atoms with van der Waals surface area (Å²) < 4.78 is 6.08. The van der Waals surface area contributed by atoms with Gasteiger partial charge in [0.1, 0.15) is 5.41 Å². The van der Waals surface area contributed by atoms with Crippen molar-refractivity contribution in [3.8, 4) is 0 Å². The smallest absolute Gasteiger partial charge is 0.317 e. The number of pyridine rings is 1. The first kappa shape index (κ1) is 15.2. The number of carbonyl (C=O) groups excluding carboxylic acids is 1. The van der Waals surface area contributed by atoms with E-state index in [0.717, 1.165) is 28.6 Å². The van der Waals surface area contributed by atoms with E-state index in [2.05, 4.69) is 20.9 Å². The van der Waals surface area contributed by atoms with Crippen LogP contribution in [0.25, 0.3) is 0 Å². The van der Waals surface area contributed by atoms with Gasteiger partial charge in [-0.05, 0) is 54.2 Å². The Morgan fingerprint density at radius 3 is 2.83 bits per heavy atom. The number of halogens is 1. The number of nitrogens with zero attached hydrogens (tertiary/aromatic N) is 1. The van der Waals surface area contributed by atoms with Gasteiger partial charge in [0.05, 0.1) is 12.3 Å². The van der Waals surface area contributed by atoms with Gasteiger partial charge in [-0.3, -0.25) is 9.78 Å². The van der Waals surface area contributed by atoms with Gasteiger partial charge in [0.25, 0.3) is 0 Å². The van der Waals surface area contributed by atoms with Crippen molar-refractivity contribution in [2.45, 2.75) is 46.0 Å². The molecule has 0 fully saturated rings. The monoisotopic (exact) mass is 313 g/mol. The van der Waals surface area contributed by atoms with E-state index in [-0.39, 0.29) is 5.97 Å². The second-order valence-corrected chi connectivity index (χ2v) is 5.13. The Morgan fingerprint density at radius 2 is 2.22 bits per heavy atom. The molecular weight excluding hydrogens is 294 g/mol. The Labute approximate surface area is 117 Å². The summed E-state index contributed by atoms with van der Waals surface area (Å²) >= 11 is 3.39. The number of esters is 1. The molecule has 2 rings (SSSR count). The lowest BCUT2D eigenvalue weighted by Gasteiger charge is -2.21. The Kier molecular flexibility index (Phi) is 5.32. The molecule has 0 amide bonds. The molecule has 0 radical (unpaired) electrons. The number of hydrogen-bond donors (Lipinski definition) is 0. The zero-order valence-electron chi connectivity index (χ0n) is 11.4. The molecule has 0 saturated carbocycles. The van der Waals surface area contributed by atoms with Crippen LogP contribution >= 0.6 is 15.9 Å². The number of fused-ring (bicyclic) bond motifs is 1. The van der Waals surface area contributed by atoms with Crippen LogP contribution in [0.4, 0.5) is 0 Å². The summed E-state index contributed by atoms with van der Waals surface area (Å²) in [7, 11) is 0. The number of ether oxygens (including phenoxy) is 1. The molecule has 18 heavy (non-hydrogen) atoms. The Balaban J connectivity index is 0.000000771.